The third-order valence-electron chi connectivity index (χ3n) is 2.52. The fraction of sp³-hybridized carbons (Fsp3) is 0.385. The van der Waals surface area contributed by atoms with Crippen molar-refractivity contribution in [3.05, 3.63) is 35.1 Å². The van der Waals surface area contributed by atoms with E-state index < -0.39 is 41.0 Å². The van der Waals surface area contributed by atoms with Gasteiger partial charge in [0.15, 0.2) is 0 Å². The quantitative estimate of drug-likeness (QED) is 0.687. The maximum Gasteiger partial charge on any atom is 0.417 e. The first kappa shape index (κ1) is 16.9. The molecule has 0 saturated carbocycles. The van der Waals surface area contributed by atoms with E-state index in [9.17, 15) is 27.2 Å². The number of amides is 1. The second-order valence-corrected chi connectivity index (χ2v) is 4.13. The number of carbonyl (C=O) groups is 2. The Kier molecular flexibility index (Phi) is 5.28. The molecule has 1 rings (SSSR count). The van der Waals surface area contributed by atoms with Gasteiger partial charge >= 0.3 is 12.1 Å². The third-order valence-corrected chi connectivity index (χ3v) is 2.52. The molecule has 1 atom stereocenters. The SMILES string of the molecule is CCOC(=O)C(C)NC(=O)c1ccc(F)cc1C(F)(F)F. The van der Waals surface area contributed by atoms with Crippen LogP contribution in [0.4, 0.5) is 17.6 Å². The average Bonchev–Trinajstić information content (AvgIpc) is 2.37. The third kappa shape index (κ3) is 4.44. The molecule has 8 heteroatoms. The Bertz CT molecular complexity index is 543. The summed E-state index contributed by atoms with van der Waals surface area (Å²) in [6.45, 7) is 2.89. The maximum absolute atomic E-state index is 12.9. The molecule has 4 nitrogen and oxygen atoms in total. The number of alkyl halides is 3. The number of rotatable bonds is 4. The lowest BCUT2D eigenvalue weighted by molar-refractivity contribution is -0.144. The first-order chi connectivity index (χ1) is 9.66. The molecule has 1 amide bonds. The molecule has 0 heterocycles. The lowest BCUT2D eigenvalue weighted by Crippen LogP contribution is -2.40. The van der Waals surface area contributed by atoms with Gasteiger partial charge in [0.1, 0.15) is 11.9 Å². The highest BCUT2D eigenvalue weighted by Gasteiger charge is 2.36. The van der Waals surface area contributed by atoms with Crippen LogP contribution in [0.1, 0.15) is 29.8 Å². The van der Waals surface area contributed by atoms with Crippen molar-refractivity contribution in [2.75, 3.05) is 6.61 Å². The van der Waals surface area contributed by atoms with E-state index in [0.29, 0.717) is 6.07 Å². The van der Waals surface area contributed by atoms with Gasteiger partial charge in [0, 0.05) is 0 Å². The van der Waals surface area contributed by atoms with Gasteiger partial charge in [0.2, 0.25) is 0 Å². The van der Waals surface area contributed by atoms with Crippen molar-refractivity contribution >= 4 is 11.9 Å². The number of ether oxygens (including phenoxy) is 1. The monoisotopic (exact) mass is 307 g/mol. The van der Waals surface area contributed by atoms with E-state index in [0.717, 1.165) is 6.07 Å². The van der Waals surface area contributed by atoms with E-state index in [1.54, 1.807) is 6.92 Å². The van der Waals surface area contributed by atoms with E-state index in [2.05, 4.69) is 10.1 Å². The topological polar surface area (TPSA) is 55.4 Å². The fourth-order valence-corrected chi connectivity index (χ4v) is 1.55. The van der Waals surface area contributed by atoms with Crippen LogP contribution < -0.4 is 5.32 Å². The van der Waals surface area contributed by atoms with Gasteiger partial charge in [0.05, 0.1) is 17.7 Å². The number of esters is 1. The minimum atomic E-state index is -4.89. The molecule has 0 radical (unpaired) electrons. The van der Waals surface area contributed by atoms with Crippen LogP contribution in [0.25, 0.3) is 0 Å². The molecule has 0 aliphatic rings. The zero-order chi connectivity index (χ0) is 16.2. The summed E-state index contributed by atoms with van der Waals surface area (Å²) in [6.07, 6.45) is -4.89. The molecule has 116 valence electrons. The van der Waals surface area contributed by atoms with Crippen LogP contribution in [0.2, 0.25) is 0 Å². The van der Waals surface area contributed by atoms with E-state index >= 15 is 0 Å². The summed E-state index contributed by atoms with van der Waals surface area (Å²) in [5, 5.41) is 2.08. The molecule has 0 saturated heterocycles. The van der Waals surface area contributed by atoms with E-state index in [1.807, 2.05) is 0 Å². The number of carbonyl (C=O) groups excluding carboxylic acids is 2. The van der Waals surface area contributed by atoms with Gasteiger partial charge in [-0.2, -0.15) is 13.2 Å². The summed E-state index contributed by atoms with van der Waals surface area (Å²) >= 11 is 0. The average molecular weight is 307 g/mol. The fourth-order valence-electron chi connectivity index (χ4n) is 1.55. The molecule has 0 spiro atoms. The summed E-state index contributed by atoms with van der Waals surface area (Å²) in [5.41, 5.74) is -2.17. The largest absolute Gasteiger partial charge is 0.464 e. The van der Waals surface area contributed by atoms with Gasteiger partial charge in [-0.3, -0.25) is 4.79 Å². The zero-order valence-electron chi connectivity index (χ0n) is 11.3. The van der Waals surface area contributed by atoms with Gasteiger partial charge in [-0.15, -0.1) is 0 Å². The van der Waals surface area contributed by atoms with Crippen molar-refractivity contribution in [2.45, 2.75) is 26.1 Å². The first-order valence-corrected chi connectivity index (χ1v) is 6.01. The molecule has 1 aromatic carbocycles. The van der Waals surface area contributed by atoms with Gasteiger partial charge in [-0.05, 0) is 32.0 Å². The van der Waals surface area contributed by atoms with Crippen molar-refractivity contribution in [3.63, 3.8) is 0 Å². The lowest BCUT2D eigenvalue weighted by Gasteiger charge is -2.16. The predicted molar refractivity (Wildman–Crippen MR) is 65.0 cm³/mol. The summed E-state index contributed by atoms with van der Waals surface area (Å²) in [5.74, 6) is -3.03. The molecule has 1 N–H and O–H groups in total. The van der Waals surface area contributed by atoms with Crippen LogP contribution in [0.3, 0.4) is 0 Å². The van der Waals surface area contributed by atoms with Crippen molar-refractivity contribution in [1.82, 2.24) is 5.32 Å². The standard InChI is InChI=1S/C13H13F4NO3/c1-3-21-12(20)7(2)18-11(19)9-5-4-8(14)6-10(9)13(15,16)17/h4-7H,3H2,1-2H3,(H,18,19). The molecule has 21 heavy (non-hydrogen) atoms. The summed E-state index contributed by atoms with van der Waals surface area (Å²) in [7, 11) is 0. The van der Waals surface area contributed by atoms with Crippen LogP contribution in [0.15, 0.2) is 18.2 Å². The molecule has 0 fully saturated rings. The minimum Gasteiger partial charge on any atom is -0.464 e. The van der Waals surface area contributed by atoms with Crippen LogP contribution >= 0.6 is 0 Å². The van der Waals surface area contributed by atoms with Crippen molar-refractivity contribution in [1.29, 1.82) is 0 Å². The van der Waals surface area contributed by atoms with Gasteiger partial charge in [-0.1, -0.05) is 0 Å². The second kappa shape index (κ2) is 6.55. The van der Waals surface area contributed by atoms with E-state index in [1.165, 1.54) is 6.92 Å². The smallest absolute Gasteiger partial charge is 0.417 e. The molecule has 0 aliphatic heterocycles. The van der Waals surface area contributed by atoms with Crippen LogP contribution in [-0.2, 0) is 15.7 Å². The predicted octanol–water partition coefficient (Wildman–Crippen LogP) is 2.53. The number of benzene rings is 1. The van der Waals surface area contributed by atoms with Crippen LogP contribution in [0, 0.1) is 5.82 Å². The van der Waals surface area contributed by atoms with E-state index in [4.69, 9.17) is 0 Å². The second-order valence-electron chi connectivity index (χ2n) is 4.13. The summed E-state index contributed by atoms with van der Waals surface area (Å²) < 4.78 is 55.8. The maximum atomic E-state index is 12.9. The van der Waals surface area contributed by atoms with Crippen LogP contribution in [0.5, 0.6) is 0 Å². The molecular weight excluding hydrogens is 294 g/mol. The Balaban J connectivity index is 3.00. The van der Waals surface area contributed by atoms with Gasteiger partial charge in [-0.25, -0.2) is 9.18 Å². The van der Waals surface area contributed by atoms with E-state index in [-0.39, 0.29) is 12.7 Å². The summed E-state index contributed by atoms with van der Waals surface area (Å²) in [6, 6.07) is 0.553. The molecular formula is C13H13F4NO3. The molecule has 1 aromatic rings. The first-order valence-electron chi connectivity index (χ1n) is 6.01. The Hall–Kier alpha value is -2.12. The molecule has 0 aromatic heterocycles. The highest BCUT2D eigenvalue weighted by Crippen LogP contribution is 2.32. The van der Waals surface area contributed by atoms with Gasteiger partial charge in [0.25, 0.3) is 5.91 Å². The van der Waals surface area contributed by atoms with Crippen molar-refractivity contribution < 1.29 is 31.9 Å². The Morgan fingerprint density at radius 1 is 1.33 bits per heavy atom. The van der Waals surface area contributed by atoms with Crippen molar-refractivity contribution in [3.8, 4) is 0 Å². The van der Waals surface area contributed by atoms with Crippen molar-refractivity contribution in [2.24, 2.45) is 0 Å². The number of nitrogens with one attached hydrogen (secondary N) is 1. The Morgan fingerprint density at radius 2 is 1.95 bits per heavy atom. The highest BCUT2D eigenvalue weighted by atomic mass is 19.4. The van der Waals surface area contributed by atoms with Crippen LogP contribution in [-0.4, -0.2) is 24.5 Å². The molecule has 0 aliphatic carbocycles. The minimum absolute atomic E-state index is 0.0728. The highest BCUT2D eigenvalue weighted by molar-refractivity contribution is 5.98. The summed E-state index contributed by atoms with van der Waals surface area (Å²) in [4.78, 5) is 23.1. The number of hydrogen-bond donors (Lipinski definition) is 1. The normalized spacial score (nSPS) is 12.7. The molecule has 0 bridgehead atoms. The lowest BCUT2D eigenvalue weighted by atomic mass is 10.1. The Labute approximate surface area is 118 Å². The number of halogens is 4. The Morgan fingerprint density at radius 3 is 2.48 bits per heavy atom. The number of hydrogen-bond acceptors (Lipinski definition) is 3. The molecule has 1 unspecified atom stereocenters. The zero-order valence-corrected chi connectivity index (χ0v) is 11.3. The van der Waals surface area contributed by atoms with Gasteiger partial charge < -0.3 is 10.1 Å².